The zero-order valence-electron chi connectivity index (χ0n) is 12.6. The lowest BCUT2D eigenvalue weighted by Crippen LogP contribution is -2.32. The third-order valence-electron chi connectivity index (χ3n) is 3.93. The van der Waals surface area contributed by atoms with E-state index in [4.69, 9.17) is 4.74 Å². The average molecular weight is 293 g/mol. The van der Waals surface area contributed by atoms with Crippen LogP contribution in [0.3, 0.4) is 0 Å². The molecule has 1 aliphatic heterocycles. The highest BCUT2D eigenvalue weighted by Crippen LogP contribution is 2.31. The first kappa shape index (κ1) is 14.4. The van der Waals surface area contributed by atoms with Gasteiger partial charge < -0.3 is 4.74 Å². The van der Waals surface area contributed by atoms with Crippen molar-refractivity contribution in [1.29, 1.82) is 0 Å². The van der Waals surface area contributed by atoms with E-state index in [1.165, 1.54) is 0 Å². The Balaban J connectivity index is 1.67. The molecule has 2 aromatic carbocycles. The van der Waals surface area contributed by atoms with Crippen molar-refractivity contribution in [2.24, 2.45) is 0 Å². The summed E-state index contributed by atoms with van der Waals surface area (Å²) in [7, 11) is 0. The predicted octanol–water partition coefficient (Wildman–Crippen LogP) is 4.28. The molecule has 1 saturated heterocycles. The molecule has 0 spiro atoms. The van der Waals surface area contributed by atoms with Gasteiger partial charge in [0.05, 0.1) is 6.04 Å². The third kappa shape index (κ3) is 3.03. The molecule has 2 aromatic rings. The van der Waals surface area contributed by atoms with E-state index in [1.807, 2.05) is 79.7 Å². The van der Waals surface area contributed by atoms with Gasteiger partial charge in [0.25, 0.3) is 0 Å². The molecule has 0 N–H and O–H groups in total. The van der Waals surface area contributed by atoms with Gasteiger partial charge in [-0.1, -0.05) is 72.8 Å². The van der Waals surface area contributed by atoms with Crippen LogP contribution in [-0.2, 0) is 4.74 Å². The van der Waals surface area contributed by atoms with Gasteiger partial charge in [0.1, 0.15) is 6.10 Å². The largest absolute Gasteiger partial charge is 0.439 e. The van der Waals surface area contributed by atoms with Gasteiger partial charge in [0, 0.05) is 6.54 Å². The lowest BCUT2D eigenvalue weighted by atomic mass is 10.0. The van der Waals surface area contributed by atoms with Gasteiger partial charge in [-0.05, 0) is 18.1 Å². The summed E-state index contributed by atoms with van der Waals surface area (Å²) in [5, 5.41) is 0. The number of hydrogen-bond donors (Lipinski definition) is 0. The molecule has 0 aromatic heterocycles. The van der Waals surface area contributed by atoms with E-state index < -0.39 is 0 Å². The maximum absolute atomic E-state index is 12.1. The minimum Gasteiger partial charge on any atom is -0.439 e. The Labute approximate surface area is 130 Å². The Bertz CT molecular complexity index is 652. The van der Waals surface area contributed by atoms with Crippen LogP contribution in [0.25, 0.3) is 6.08 Å². The molecule has 3 nitrogen and oxygen atoms in total. The van der Waals surface area contributed by atoms with Gasteiger partial charge in [-0.2, -0.15) is 0 Å². The number of rotatable bonds is 4. The molecule has 1 fully saturated rings. The van der Waals surface area contributed by atoms with Crippen LogP contribution in [0.1, 0.15) is 24.2 Å². The second-order valence-corrected chi connectivity index (χ2v) is 5.42. The molecular weight excluding hydrogens is 274 g/mol. The second-order valence-electron chi connectivity index (χ2n) is 5.42. The van der Waals surface area contributed by atoms with Crippen LogP contribution >= 0.6 is 0 Å². The maximum atomic E-state index is 12.1. The highest BCUT2D eigenvalue weighted by molar-refractivity contribution is 5.71. The Morgan fingerprint density at radius 3 is 2.36 bits per heavy atom. The fourth-order valence-corrected chi connectivity index (χ4v) is 2.70. The van der Waals surface area contributed by atoms with Crippen LogP contribution in [0, 0.1) is 0 Å². The van der Waals surface area contributed by atoms with Crippen molar-refractivity contribution in [3.05, 3.63) is 77.9 Å². The van der Waals surface area contributed by atoms with Gasteiger partial charge in [0.2, 0.25) is 0 Å². The molecule has 0 saturated carbocycles. The molecule has 0 bridgehead atoms. The van der Waals surface area contributed by atoms with Gasteiger partial charge in [0.15, 0.2) is 0 Å². The molecule has 112 valence electrons. The van der Waals surface area contributed by atoms with Crippen molar-refractivity contribution in [3.63, 3.8) is 0 Å². The lowest BCUT2D eigenvalue weighted by Gasteiger charge is -2.19. The molecule has 0 radical (unpaired) electrons. The minimum atomic E-state index is -0.251. The van der Waals surface area contributed by atoms with Crippen molar-refractivity contribution in [3.8, 4) is 0 Å². The number of carbonyl (C=O) groups is 1. The van der Waals surface area contributed by atoms with E-state index in [1.54, 1.807) is 4.90 Å². The number of ether oxygens (including phenoxy) is 1. The normalized spacial score (nSPS) is 21.3. The third-order valence-corrected chi connectivity index (χ3v) is 3.93. The summed E-state index contributed by atoms with van der Waals surface area (Å²) >= 11 is 0. The maximum Gasteiger partial charge on any atom is 0.411 e. The zero-order valence-corrected chi connectivity index (χ0v) is 12.6. The quantitative estimate of drug-likeness (QED) is 0.842. The van der Waals surface area contributed by atoms with Gasteiger partial charge >= 0.3 is 6.09 Å². The molecular formula is C19H19NO2. The number of amides is 1. The van der Waals surface area contributed by atoms with E-state index >= 15 is 0 Å². The van der Waals surface area contributed by atoms with Crippen molar-refractivity contribution in [1.82, 2.24) is 4.90 Å². The second kappa shape index (κ2) is 6.48. The number of benzene rings is 2. The average Bonchev–Trinajstić information content (AvgIpc) is 2.85. The van der Waals surface area contributed by atoms with E-state index in [0.29, 0.717) is 6.54 Å². The summed E-state index contributed by atoms with van der Waals surface area (Å²) in [5.74, 6) is 0. The number of cyclic esters (lactones) is 1. The van der Waals surface area contributed by atoms with E-state index in [9.17, 15) is 4.79 Å². The van der Waals surface area contributed by atoms with Crippen LogP contribution < -0.4 is 0 Å². The Hall–Kier alpha value is -2.55. The minimum absolute atomic E-state index is 0.0234. The molecule has 22 heavy (non-hydrogen) atoms. The molecule has 0 aliphatic carbocycles. The molecule has 2 atom stereocenters. The van der Waals surface area contributed by atoms with Gasteiger partial charge in [-0.3, -0.25) is 4.90 Å². The molecule has 3 rings (SSSR count). The molecule has 1 heterocycles. The van der Waals surface area contributed by atoms with Crippen molar-refractivity contribution in [2.75, 3.05) is 6.54 Å². The van der Waals surface area contributed by atoms with Crippen LogP contribution in [0.4, 0.5) is 4.79 Å². The highest BCUT2D eigenvalue weighted by atomic mass is 16.6. The summed E-state index contributed by atoms with van der Waals surface area (Å²) in [6, 6.07) is 20.0. The molecule has 1 aliphatic rings. The van der Waals surface area contributed by atoms with E-state index in [0.717, 1.165) is 11.1 Å². The molecule has 1 amide bonds. The smallest absolute Gasteiger partial charge is 0.411 e. The molecule has 0 unspecified atom stereocenters. The highest BCUT2D eigenvalue weighted by Gasteiger charge is 2.38. The first-order valence-electron chi connectivity index (χ1n) is 7.49. The first-order valence-corrected chi connectivity index (χ1v) is 7.49. The Morgan fingerprint density at radius 2 is 1.68 bits per heavy atom. The monoisotopic (exact) mass is 293 g/mol. The lowest BCUT2D eigenvalue weighted by molar-refractivity contribution is 0.131. The topological polar surface area (TPSA) is 29.5 Å². The van der Waals surface area contributed by atoms with Crippen LogP contribution in [0.2, 0.25) is 0 Å². The molecule has 3 heteroatoms. The van der Waals surface area contributed by atoms with Crippen molar-refractivity contribution in [2.45, 2.75) is 19.1 Å². The van der Waals surface area contributed by atoms with Crippen LogP contribution in [0.5, 0.6) is 0 Å². The van der Waals surface area contributed by atoms with E-state index in [2.05, 4.69) is 0 Å². The number of hydrogen-bond acceptors (Lipinski definition) is 2. The predicted molar refractivity (Wildman–Crippen MR) is 87.3 cm³/mol. The summed E-state index contributed by atoms with van der Waals surface area (Å²) in [6.07, 6.45) is 3.58. The summed E-state index contributed by atoms with van der Waals surface area (Å²) in [4.78, 5) is 13.8. The zero-order chi connectivity index (χ0) is 15.4. The van der Waals surface area contributed by atoms with Crippen LogP contribution in [-0.4, -0.2) is 23.6 Å². The van der Waals surface area contributed by atoms with E-state index in [-0.39, 0.29) is 18.2 Å². The van der Waals surface area contributed by atoms with Gasteiger partial charge in [-0.15, -0.1) is 0 Å². The standard InChI is InChI=1S/C19H19NO2/c1-15-18(17-12-6-3-7-13-17)22-19(21)20(15)14-8-11-16-9-4-2-5-10-16/h2-13,15,18H,14H2,1H3/t15-,18-/m0/s1. The van der Waals surface area contributed by atoms with Crippen LogP contribution in [0.15, 0.2) is 66.7 Å². The summed E-state index contributed by atoms with van der Waals surface area (Å²) in [6.45, 7) is 2.58. The number of nitrogens with zero attached hydrogens (tertiary/aromatic N) is 1. The van der Waals surface area contributed by atoms with Crippen molar-refractivity contribution < 1.29 is 9.53 Å². The fraction of sp³-hybridized carbons (Fsp3) is 0.211. The summed E-state index contributed by atoms with van der Waals surface area (Å²) < 4.78 is 5.53. The van der Waals surface area contributed by atoms with Crippen molar-refractivity contribution >= 4 is 12.2 Å². The number of carbonyl (C=O) groups excluding carboxylic acids is 1. The SMILES string of the molecule is C[C@H]1[C@@H](c2ccccc2)OC(=O)N1CC=Cc1ccccc1. The Morgan fingerprint density at radius 1 is 1.05 bits per heavy atom. The Kier molecular flexibility index (Phi) is 4.24. The fourth-order valence-electron chi connectivity index (χ4n) is 2.70. The van der Waals surface area contributed by atoms with Gasteiger partial charge in [-0.25, -0.2) is 4.79 Å². The summed E-state index contributed by atoms with van der Waals surface area (Å²) in [5.41, 5.74) is 2.17. The first-order chi connectivity index (χ1) is 10.8.